The zero-order valence-electron chi connectivity index (χ0n) is 18.8. The van der Waals surface area contributed by atoms with Gasteiger partial charge in [0.25, 0.3) is 5.91 Å². The molecule has 1 saturated carbocycles. The van der Waals surface area contributed by atoms with Crippen LogP contribution in [0.25, 0.3) is 16.9 Å². The number of carbonyl (C=O) groups excluding carboxylic acids is 2. The van der Waals surface area contributed by atoms with Gasteiger partial charge >= 0.3 is 0 Å². The minimum atomic E-state index is -0.592. The monoisotopic (exact) mass is 454 g/mol. The second-order valence-electron chi connectivity index (χ2n) is 8.79. The van der Waals surface area contributed by atoms with Gasteiger partial charge in [0.2, 0.25) is 11.9 Å². The number of hydrogen-bond donors (Lipinski definition) is 2. The normalized spacial score (nSPS) is 15.2. The molecule has 3 aromatic heterocycles. The number of benzene rings is 1. The van der Waals surface area contributed by atoms with Gasteiger partial charge in [-0.15, -0.1) is 0 Å². The van der Waals surface area contributed by atoms with Crippen molar-refractivity contribution >= 4 is 22.7 Å². The summed E-state index contributed by atoms with van der Waals surface area (Å²) in [5.41, 5.74) is 7.96. The van der Waals surface area contributed by atoms with Crippen LogP contribution >= 0.6 is 0 Å². The molecule has 0 bridgehead atoms. The molecule has 3 N–H and O–H groups in total. The van der Waals surface area contributed by atoms with Gasteiger partial charge in [-0.3, -0.25) is 19.1 Å². The van der Waals surface area contributed by atoms with Crippen LogP contribution in [0.3, 0.4) is 0 Å². The molecular formula is C26H26N6O2. The number of fused-ring (bicyclic) bond motifs is 1. The Balaban J connectivity index is 1.54. The zero-order chi connectivity index (χ0) is 23.5. The molecular weight excluding hydrogens is 428 g/mol. The Bertz CT molecular complexity index is 1330. The number of aromatic nitrogens is 4. The van der Waals surface area contributed by atoms with Crippen LogP contribution in [-0.2, 0) is 5.41 Å². The Kier molecular flexibility index (Phi) is 5.79. The Morgan fingerprint density at radius 2 is 1.76 bits per heavy atom. The minimum Gasteiger partial charge on any atom is -0.366 e. The van der Waals surface area contributed by atoms with Crippen LogP contribution in [0.4, 0.5) is 0 Å². The molecule has 2 amide bonds. The summed E-state index contributed by atoms with van der Waals surface area (Å²) in [6, 6.07) is 11.0. The number of carbonyl (C=O) groups is 2. The number of nitrogens with zero attached hydrogens (tertiary/aromatic N) is 4. The van der Waals surface area contributed by atoms with E-state index in [2.05, 4.69) is 26.3 Å². The maximum Gasteiger partial charge on any atom is 0.253 e. The number of primary amides is 1. The van der Waals surface area contributed by atoms with Crippen LogP contribution in [0, 0.1) is 0 Å². The summed E-state index contributed by atoms with van der Waals surface area (Å²) in [5, 5.41) is 3.66. The molecule has 0 unspecified atom stereocenters. The van der Waals surface area contributed by atoms with E-state index in [9.17, 15) is 9.59 Å². The van der Waals surface area contributed by atoms with Crippen LogP contribution in [0.5, 0.6) is 0 Å². The van der Waals surface area contributed by atoms with Gasteiger partial charge in [-0.05, 0) is 42.7 Å². The Labute approximate surface area is 197 Å². The van der Waals surface area contributed by atoms with E-state index in [-0.39, 0.29) is 16.9 Å². The second-order valence-corrected chi connectivity index (χ2v) is 8.79. The lowest BCUT2D eigenvalue weighted by Gasteiger charge is -2.37. The molecule has 8 heteroatoms. The van der Waals surface area contributed by atoms with Gasteiger partial charge in [0.1, 0.15) is 0 Å². The zero-order valence-corrected chi connectivity index (χ0v) is 18.8. The molecule has 8 nitrogen and oxygen atoms in total. The van der Waals surface area contributed by atoms with Crippen molar-refractivity contribution in [2.45, 2.75) is 37.5 Å². The Morgan fingerprint density at radius 3 is 2.47 bits per heavy atom. The highest BCUT2D eigenvalue weighted by Gasteiger charge is 2.35. The van der Waals surface area contributed by atoms with E-state index in [4.69, 9.17) is 5.73 Å². The number of amides is 2. The van der Waals surface area contributed by atoms with Crippen molar-refractivity contribution in [3.8, 4) is 5.95 Å². The first-order chi connectivity index (χ1) is 16.6. The third kappa shape index (κ3) is 3.91. The van der Waals surface area contributed by atoms with Crippen molar-refractivity contribution in [2.24, 2.45) is 5.73 Å². The molecule has 0 aliphatic heterocycles. The molecule has 172 valence electrons. The average molecular weight is 455 g/mol. The molecule has 1 aromatic carbocycles. The van der Waals surface area contributed by atoms with E-state index in [1.54, 1.807) is 47.6 Å². The highest BCUT2D eigenvalue weighted by molar-refractivity contribution is 6.15. The molecule has 0 atom stereocenters. The van der Waals surface area contributed by atoms with Crippen molar-refractivity contribution in [3.05, 3.63) is 84.1 Å². The summed E-state index contributed by atoms with van der Waals surface area (Å²) in [7, 11) is 0. The number of hydrogen-bond acceptors (Lipinski definition) is 5. The SMILES string of the molecule is NC(=O)c1cccc2c1c(C(=O)NCC1(c3cccnc3)CCCCC1)cn2-c1ncccn1. The number of pyridine rings is 1. The number of nitrogens with two attached hydrogens (primary N) is 1. The van der Waals surface area contributed by atoms with E-state index in [0.29, 0.717) is 29.0 Å². The average Bonchev–Trinajstić information content (AvgIpc) is 3.29. The molecule has 0 spiro atoms. The smallest absolute Gasteiger partial charge is 0.253 e. The van der Waals surface area contributed by atoms with Gasteiger partial charge < -0.3 is 11.1 Å². The summed E-state index contributed by atoms with van der Waals surface area (Å²) in [4.78, 5) is 38.7. The van der Waals surface area contributed by atoms with Crippen LogP contribution in [-0.4, -0.2) is 37.9 Å². The summed E-state index contributed by atoms with van der Waals surface area (Å²) in [5.74, 6) is -0.444. The molecule has 34 heavy (non-hydrogen) atoms. The van der Waals surface area contributed by atoms with Crippen LogP contribution in [0.1, 0.15) is 58.4 Å². The quantitative estimate of drug-likeness (QED) is 0.462. The summed E-state index contributed by atoms with van der Waals surface area (Å²) in [6.07, 6.45) is 14.0. The first-order valence-electron chi connectivity index (χ1n) is 11.5. The largest absolute Gasteiger partial charge is 0.366 e. The van der Waals surface area contributed by atoms with Gasteiger partial charge in [-0.2, -0.15) is 0 Å². The van der Waals surface area contributed by atoms with E-state index in [1.165, 1.54) is 6.42 Å². The molecule has 1 aliphatic carbocycles. The molecule has 3 heterocycles. The lowest BCUT2D eigenvalue weighted by molar-refractivity contribution is 0.0938. The first-order valence-corrected chi connectivity index (χ1v) is 11.5. The number of nitrogens with one attached hydrogen (secondary N) is 1. The van der Waals surface area contributed by atoms with Crippen molar-refractivity contribution in [3.63, 3.8) is 0 Å². The van der Waals surface area contributed by atoms with E-state index >= 15 is 0 Å². The summed E-state index contributed by atoms with van der Waals surface area (Å²) in [6.45, 7) is 0.491. The van der Waals surface area contributed by atoms with Crippen molar-refractivity contribution in [1.29, 1.82) is 0 Å². The van der Waals surface area contributed by atoms with Crippen molar-refractivity contribution < 1.29 is 9.59 Å². The predicted octanol–water partition coefficient (Wildman–Crippen LogP) is 3.55. The van der Waals surface area contributed by atoms with E-state index < -0.39 is 5.91 Å². The third-order valence-corrected chi connectivity index (χ3v) is 6.78. The lowest BCUT2D eigenvalue weighted by Crippen LogP contribution is -2.42. The molecule has 5 rings (SSSR count). The van der Waals surface area contributed by atoms with Gasteiger partial charge in [0, 0.05) is 53.9 Å². The molecule has 0 radical (unpaired) electrons. The fraction of sp³-hybridized carbons (Fsp3) is 0.269. The molecule has 0 saturated heterocycles. The van der Waals surface area contributed by atoms with Gasteiger partial charge in [0.05, 0.1) is 11.1 Å². The lowest BCUT2D eigenvalue weighted by atomic mass is 9.70. The fourth-order valence-electron chi connectivity index (χ4n) is 5.06. The van der Waals surface area contributed by atoms with E-state index in [0.717, 1.165) is 31.2 Å². The maximum atomic E-state index is 13.6. The van der Waals surface area contributed by atoms with Crippen LogP contribution in [0.2, 0.25) is 0 Å². The molecule has 1 fully saturated rings. The van der Waals surface area contributed by atoms with E-state index in [1.807, 2.05) is 18.3 Å². The standard InChI is InChI=1S/C26H26N6O2/c27-23(33)19-8-4-9-21-22(19)20(16-32(21)25-29-13-6-14-30-25)24(34)31-17-26(10-2-1-3-11-26)18-7-5-12-28-15-18/h4-9,12-16H,1-3,10-11,17H2,(H2,27,33)(H,31,34). The van der Waals surface area contributed by atoms with Gasteiger partial charge in [0.15, 0.2) is 0 Å². The maximum absolute atomic E-state index is 13.6. The fourth-order valence-corrected chi connectivity index (χ4v) is 5.06. The highest BCUT2D eigenvalue weighted by Crippen LogP contribution is 2.39. The molecule has 4 aromatic rings. The van der Waals surface area contributed by atoms with Crippen molar-refractivity contribution in [1.82, 2.24) is 24.8 Å². The van der Waals surface area contributed by atoms with Crippen LogP contribution < -0.4 is 11.1 Å². The second kappa shape index (κ2) is 9.05. The third-order valence-electron chi connectivity index (χ3n) is 6.78. The van der Waals surface area contributed by atoms with Crippen molar-refractivity contribution in [2.75, 3.05) is 6.54 Å². The van der Waals surface area contributed by atoms with Gasteiger partial charge in [-0.25, -0.2) is 9.97 Å². The topological polar surface area (TPSA) is 116 Å². The predicted molar refractivity (Wildman–Crippen MR) is 129 cm³/mol. The summed E-state index contributed by atoms with van der Waals surface area (Å²) < 4.78 is 1.72. The van der Waals surface area contributed by atoms with Crippen LogP contribution in [0.15, 0.2) is 67.4 Å². The highest BCUT2D eigenvalue weighted by atomic mass is 16.2. The first kappa shape index (κ1) is 21.8. The Morgan fingerprint density at radius 1 is 0.971 bits per heavy atom. The molecule has 1 aliphatic rings. The Hall–Kier alpha value is -4.07. The number of rotatable bonds is 6. The van der Waals surface area contributed by atoms with Gasteiger partial charge in [-0.1, -0.05) is 31.4 Å². The minimum absolute atomic E-state index is 0.157. The summed E-state index contributed by atoms with van der Waals surface area (Å²) >= 11 is 0.